The number of nitrogens with one attached hydrogen (secondary N) is 1. The summed E-state index contributed by atoms with van der Waals surface area (Å²) < 4.78 is 5.31. The van der Waals surface area contributed by atoms with Crippen molar-refractivity contribution in [1.29, 1.82) is 0 Å². The maximum absolute atomic E-state index is 11.2. The molecule has 1 rings (SSSR count). The molecule has 1 N–H and O–H groups in total. The van der Waals surface area contributed by atoms with Gasteiger partial charge in [-0.2, -0.15) is 0 Å². The van der Waals surface area contributed by atoms with Gasteiger partial charge in [0.25, 0.3) is 0 Å². The van der Waals surface area contributed by atoms with Crippen LogP contribution in [-0.4, -0.2) is 43.8 Å². The van der Waals surface area contributed by atoms with Crippen molar-refractivity contribution < 1.29 is 9.53 Å². The molecule has 0 aliphatic carbocycles. The van der Waals surface area contributed by atoms with E-state index in [4.69, 9.17) is 4.74 Å². The lowest BCUT2D eigenvalue weighted by molar-refractivity contribution is 0.113. The van der Waals surface area contributed by atoms with E-state index in [2.05, 4.69) is 5.32 Å². The summed E-state index contributed by atoms with van der Waals surface area (Å²) in [5, 5.41) is 2.89. The fourth-order valence-electron chi connectivity index (χ4n) is 1.21. The van der Waals surface area contributed by atoms with Crippen molar-refractivity contribution in [3.05, 3.63) is 0 Å². The highest BCUT2D eigenvalue weighted by Gasteiger charge is 2.25. The minimum Gasteiger partial charge on any atom is -0.376 e. The number of carbonyl (C=O) groups excluding carboxylic acids is 1. The average molecular weight is 172 g/mol. The maximum Gasteiger partial charge on any atom is 0.317 e. The Morgan fingerprint density at radius 3 is 2.67 bits per heavy atom. The molecule has 70 valence electrons. The van der Waals surface area contributed by atoms with Crippen LogP contribution in [0.15, 0.2) is 0 Å². The van der Waals surface area contributed by atoms with Crippen molar-refractivity contribution in [1.82, 2.24) is 10.2 Å². The fraction of sp³-hybridized carbons (Fsp3) is 0.875. The third kappa shape index (κ3) is 2.11. The van der Waals surface area contributed by atoms with Crippen LogP contribution >= 0.6 is 0 Å². The van der Waals surface area contributed by atoms with Crippen LogP contribution in [-0.2, 0) is 4.74 Å². The first-order valence-corrected chi connectivity index (χ1v) is 4.20. The summed E-state index contributed by atoms with van der Waals surface area (Å²) >= 11 is 0. The maximum atomic E-state index is 11.2. The van der Waals surface area contributed by atoms with E-state index >= 15 is 0 Å². The van der Waals surface area contributed by atoms with E-state index < -0.39 is 0 Å². The van der Waals surface area contributed by atoms with Gasteiger partial charge in [-0.05, 0) is 13.3 Å². The number of carbonyl (C=O) groups is 1. The van der Waals surface area contributed by atoms with Crippen molar-refractivity contribution in [2.45, 2.75) is 25.5 Å². The minimum absolute atomic E-state index is 0.0441. The topological polar surface area (TPSA) is 41.6 Å². The second kappa shape index (κ2) is 3.76. The van der Waals surface area contributed by atoms with Crippen LogP contribution < -0.4 is 5.32 Å². The van der Waals surface area contributed by atoms with E-state index in [1.165, 1.54) is 4.90 Å². The van der Waals surface area contributed by atoms with E-state index in [1.807, 2.05) is 6.92 Å². The zero-order valence-corrected chi connectivity index (χ0v) is 7.83. The molecule has 4 nitrogen and oxygen atoms in total. The number of amides is 2. The summed E-state index contributed by atoms with van der Waals surface area (Å²) in [5.41, 5.74) is 0. The summed E-state index contributed by atoms with van der Waals surface area (Å²) in [6.45, 7) is 2.73. The lowest BCUT2D eigenvalue weighted by Gasteiger charge is -2.19. The summed E-state index contributed by atoms with van der Waals surface area (Å²) in [5.74, 6) is 0. The molecule has 0 spiro atoms. The summed E-state index contributed by atoms with van der Waals surface area (Å²) in [6.07, 6.45) is 1.06. The Kier molecular flexibility index (Phi) is 2.92. The number of nitrogens with zero attached hydrogens (tertiary/aromatic N) is 1. The van der Waals surface area contributed by atoms with Crippen LogP contribution in [0.5, 0.6) is 0 Å². The Hall–Kier alpha value is -0.770. The first-order chi connectivity index (χ1) is 5.61. The second-order valence-corrected chi connectivity index (χ2v) is 3.31. The third-order valence-electron chi connectivity index (χ3n) is 2.09. The quantitative estimate of drug-likeness (QED) is 0.623. The number of hydrogen-bond donors (Lipinski definition) is 1. The van der Waals surface area contributed by atoms with Crippen molar-refractivity contribution in [3.8, 4) is 0 Å². The normalized spacial score (nSPS) is 28.6. The Morgan fingerprint density at radius 2 is 2.25 bits per heavy atom. The molecule has 12 heavy (non-hydrogen) atoms. The molecule has 1 fully saturated rings. The summed E-state index contributed by atoms with van der Waals surface area (Å²) in [6, 6.07) is 0.136. The van der Waals surface area contributed by atoms with E-state index in [1.54, 1.807) is 14.1 Å². The van der Waals surface area contributed by atoms with Gasteiger partial charge < -0.3 is 15.0 Å². The molecule has 4 heteroatoms. The van der Waals surface area contributed by atoms with Gasteiger partial charge in [0.1, 0.15) is 0 Å². The van der Waals surface area contributed by atoms with Gasteiger partial charge in [0, 0.05) is 20.7 Å². The molecular formula is C8H16N2O2. The molecule has 0 aromatic carbocycles. The molecule has 0 aromatic rings. The molecule has 2 amide bonds. The van der Waals surface area contributed by atoms with Gasteiger partial charge in [-0.15, -0.1) is 0 Å². The Morgan fingerprint density at radius 1 is 1.58 bits per heavy atom. The van der Waals surface area contributed by atoms with Crippen LogP contribution in [0.3, 0.4) is 0 Å². The summed E-state index contributed by atoms with van der Waals surface area (Å²) in [7, 11) is 3.46. The predicted octanol–water partition coefficient (Wildman–Crippen LogP) is 0.435. The van der Waals surface area contributed by atoms with Crippen LogP contribution in [0.4, 0.5) is 4.79 Å². The standard InChI is InChI=1S/C8H16N2O2/c1-6-7(4-5-12-6)9-8(11)10(2)3/h6-7H,4-5H2,1-3H3,(H,9,11)/t6-,7-/m1/s1. The molecular weight excluding hydrogens is 156 g/mol. The Balaban J connectivity index is 2.35. The largest absolute Gasteiger partial charge is 0.376 e. The van der Waals surface area contributed by atoms with Gasteiger partial charge in [0.05, 0.1) is 12.1 Å². The summed E-state index contributed by atoms with van der Waals surface area (Å²) in [4.78, 5) is 12.7. The number of ether oxygens (including phenoxy) is 1. The van der Waals surface area contributed by atoms with E-state index in [-0.39, 0.29) is 18.2 Å². The minimum atomic E-state index is -0.0441. The van der Waals surface area contributed by atoms with Crippen LogP contribution in [0.2, 0.25) is 0 Å². The lowest BCUT2D eigenvalue weighted by Crippen LogP contribution is -2.44. The molecule has 1 aliphatic heterocycles. The molecule has 1 heterocycles. The van der Waals surface area contributed by atoms with Gasteiger partial charge in [-0.3, -0.25) is 0 Å². The van der Waals surface area contributed by atoms with Crippen LogP contribution in [0, 0.1) is 0 Å². The highest BCUT2D eigenvalue weighted by molar-refractivity contribution is 5.73. The molecule has 0 aromatic heterocycles. The molecule has 0 bridgehead atoms. The highest BCUT2D eigenvalue weighted by atomic mass is 16.5. The van der Waals surface area contributed by atoms with Crippen LogP contribution in [0.25, 0.3) is 0 Å². The molecule has 1 aliphatic rings. The molecule has 2 atom stereocenters. The van der Waals surface area contributed by atoms with Gasteiger partial charge >= 0.3 is 6.03 Å². The second-order valence-electron chi connectivity index (χ2n) is 3.31. The zero-order valence-electron chi connectivity index (χ0n) is 7.83. The van der Waals surface area contributed by atoms with Crippen molar-refractivity contribution in [2.24, 2.45) is 0 Å². The first-order valence-electron chi connectivity index (χ1n) is 4.20. The van der Waals surface area contributed by atoms with E-state index in [0.29, 0.717) is 0 Å². The van der Waals surface area contributed by atoms with E-state index in [0.717, 1.165) is 13.0 Å². The van der Waals surface area contributed by atoms with E-state index in [9.17, 15) is 4.79 Å². The smallest absolute Gasteiger partial charge is 0.317 e. The van der Waals surface area contributed by atoms with Crippen molar-refractivity contribution in [2.75, 3.05) is 20.7 Å². The zero-order chi connectivity index (χ0) is 9.14. The van der Waals surface area contributed by atoms with Gasteiger partial charge in [-0.25, -0.2) is 4.79 Å². The number of hydrogen-bond acceptors (Lipinski definition) is 2. The monoisotopic (exact) mass is 172 g/mol. The Bertz CT molecular complexity index is 170. The predicted molar refractivity (Wildman–Crippen MR) is 46.0 cm³/mol. The molecule has 0 radical (unpaired) electrons. The Labute approximate surface area is 72.9 Å². The molecule has 0 unspecified atom stereocenters. The highest BCUT2D eigenvalue weighted by Crippen LogP contribution is 2.12. The molecule has 0 saturated carbocycles. The number of urea groups is 1. The average Bonchev–Trinajstić information content (AvgIpc) is 2.36. The van der Waals surface area contributed by atoms with Gasteiger partial charge in [0.2, 0.25) is 0 Å². The van der Waals surface area contributed by atoms with Gasteiger partial charge in [0.15, 0.2) is 0 Å². The molecule has 1 saturated heterocycles. The van der Waals surface area contributed by atoms with Gasteiger partial charge in [-0.1, -0.05) is 0 Å². The fourth-order valence-corrected chi connectivity index (χ4v) is 1.21. The van der Waals surface area contributed by atoms with Crippen LogP contribution in [0.1, 0.15) is 13.3 Å². The SMILES string of the molecule is C[C@H]1OCC[C@H]1NC(=O)N(C)C. The number of rotatable bonds is 1. The first kappa shape index (κ1) is 9.32. The van der Waals surface area contributed by atoms with Crippen molar-refractivity contribution in [3.63, 3.8) is 0 Å². The van der Waals surface area contributed by atoms with Crippen molar-refractivity contribution >= 4 is 6.03 Å². The lowest BCUT2D eigenvalue weighted by atomic mass is 10.2. The third-order valence-corrected chi connectivity index (χ3v) is 2.09.